The first-order valence-electron chi connectivity index (χ1n) is 5.61. The molecular formula is C12H16ClN3S. The summed E-state index contributed by atoms with van der Waals surface area (Å²) in [5, 5.41) is 9.79. The maximum absolute atomic E-state index is 5.93. The van der Waals surface area contributed by atoms with E-state index in [1.807, 2.05) is 23.1 Å². The van der Waals surface area contributed by atoms with E-state index in [0.29, 0.717) is 6.04 Å². The Morgan fingerprint density at radius 2 is 2.18 bits per heavy atom. The molecule has 0 saturated carbocycles. The van der Waals surface area contributed by atoms with Gasteiger partial charge in [0.05, 0.1) is 16.2 Å². The molecule has 0 aliphatic heterocycles. The molecule has 2 aromatic rings. The van der Waals surface area contributed by atoms with E-state index in [1.165, 1.54) is 5.56 Å². The maximum Gasteiger partial charge on any atom is 0.0931 e. The highest BCUT2D eigenvalue weighted by molar-refractivity contribution is 7.14. The third-order valence-electron chi connectivity index (χ3n) is 2.60. The fourth-order valence-electron chi connectivity index (χ4n) is 1.58. The number of nitrogens with one attached hydrogen (secondary N) is 1. The zero-order valence-electron chi connectivity index (χ0n) is 10.1. The largest absolute Gasteiger partial charge is 0.376 e. The highest BCUT2D eigenvalue weighted by Gasteiger charge is 2.09. The average Bonchev–Trinajstić information content (AvgIpc) is 2.86. The lowest BCUT2D eigenvalue weighted by molar-refractivity contribution is 0.532. The Kier molecular flexibility index (Phi) is 3.74. The number of anilines is 1. The number of aromatic nitrogens is 2. The molecule has 17 heavy (non-hydrogen) atoms. The van der Waals surface area contributed by atoms with Crippen molar-refractivity contribution in [2.75, 3.05) is 5.32 Å². The highest BCUT2D eigenvalue weighted by atomic mass is 35.5. The van der Waals surface area contributed by atoms with Crippen molar-refractivity contribution in [1.29, 1.82) is 0 Å². The van der Waals surface area contributed by atoms with Crippen molar-refractivity contribution in [2.45, 2.75) is 32.9 Å². The molecule has 0 bridgehead atoms. The lowest BCUT2D eigenvalue weighted by atomic mass is 10.2. The van der Waals surface area contributed by atoms with Crippen LogP contribution in [0.1, 0.15) is 38.4 Å². The maximum atomic E-state index is 5.93. The Morgan fingerprint density at radius 1 is 1.41 bits per heavy atom. The summed E-state index contributed by atoms with van der Waals surface area (Å²) in [6.07, 6.45) is 3.87. The summed E-state index contributed by atoms with van der Waals surface area (Å²) in [4.78, 5) is 0. The van der Waals surface area contributed by atoms with Crippen LogP contribution < -0.4 is 5.32 Å². The lowest BCUT2D eigenvalue weighted by Crippen LogP contribution is -2.05. The fraction of sp³-hybridized carbons (Fsp3) is 0.417. The average molecular weight is 270 g/mol. The number of nitrogens with zero attached hydrogens (tertiary/aromatic N) is 2. The Bertz CT molecular complexity index is 489. The van der Waals surface area contributed by atoms with E-state index >= 15 is 0 Å². The van der Waals surface area contributed by atoms with Gasteiger partial charge in [-0.3, -0.25) is 4.68 Å². The summed E-state index contributed by atoms with van der Waals surface area (Å²) in [7, 11) is 0. The predicted molar refractivity (Wildman–Crippen MR) is 74.0 cm³/mol. The zero-order valence-corrected chi connectivity index (χ0v) is 11.7. The quantitative estimate of drug-likeness (QED) is 0.894. The molecule has 2 heterocycles. The summed E-state index contributed by atoms with van der Waals surface area (Å²) in [5.41, 5.74) is 2.24. The molecule has 0 aliphatic carbocycles. The van der Waals surface area contributed by atoms with Crippen molar-refractivity contribution in [2.24, 2.45) is 0 Å². The van der Waals surface area contributed by atoms with Crippen LogP contribution in [0.3, 0.4) is 0 Å². The van der Waals surface area contributed by atoms with E-state index in [2.05, 4.69) is 36.6 Å². The van der Waals surface area contributed by atoms with E-state index in [0.717, 1.165) is 10.0 Å². The van der Waals surface area contributed by atoms with E-state index < -0.39 is 0 Å². The second-order valence-electron chi connectivity index (χ2n) is 4.35. The van der Waals surface area contributed by atoms with Crippen LogP contribution in [0.5, 0.6) is 0 Å². The van der Waals surface area contributed by atoms with Crippen LogP contribution in [-0.2, 0) is 0 Å². The van der Waals surface area contributed by atoms with Crippen molar-refractivity contribution >= 4 is 28.6 Å². The summed E-state index contributed by atoms with van der Waals surface area (Å²) >= 11 is 7.49. The number of hydrogen-bond donors (Lipinski definition) is 1. The van der Waals surface area contributed by atoms with Gasteiger partial charge in [-0.25, -0.2) is 0 Å². The van der Waals surface area contributed by atoms with Crippen molar-refractivity contribution in [3.8, 4) is 0 Å². The predicted octanol–water partition coefficient (Wildman–Crippen LogP) is 4.35. The topological polar surface area (TPSA) is 29.9 Å². The normalized spacial score (nSPS) is 13.0. The number of halogens is 1. The molecule has 1 atom stereocenters. The van der Waals surface area contributed by atoms with Gasteiger partial charge in [0.15, 0.2) is 0 Å². The minimum Gasteiger partial charge on any atom is -0.376 e. The van der Waals surface area contributed by atoms with E-state index in [9.17, 15) is 0 Å². The molecule has 1 N–H and O–H groups in total. The number of thiophene rings is 1. The molecule has 1 unspecified atom stereocenters. The fourth-order valence-corrected chi connectivity index (χ4v) is 2.56. The smallest absolute Gasteiger partial charge is 0.0931 e. The Morgan fingerprint density at radius 3 is 2.71 bits per heavy atom. The Labute approximate surface area is 110 Å². The SMILES string of the molecule is CC(Nc1cnn(C(C)C)c1)c1csc(Cl)c1. The van der Waals surface area contributed by atoms with Gasteiger partial charge in [0.2, 0.25) is 0 Å². The van der Waals surface area contributed by atoms with Gasteiger partial charge < -0.3 is 5.32 Å². The minimum absolute atomic E-state index is 0.239. The first kappa shape index (κ1) is 12.5. The van der Waals surface area contributed by atoms with Gasteiger partial charge in [0.1, 0.15) is 0 Å². The molecule has 0 spiro atoms. The number of rotatable bonds is 4. The summed E-state index contributed by atoms with van der Waals surface area (Å²) in [5.74, 6) is 0. The van der Waals surface area contributed by atoms with Gasteiger partial charge >= 0.3 is 0 Å². The molecule has 5 heteroatoms. The molecule has 3 nitrogen and oxygen atoms in total. The lowest BCUT2D eigenvalue weighted by Gasteiger charge is -2.11. The van der Waals surface area contributed by atoms with Crippen molar-refractivity contribution in [1.82, 2.24) is 9.78 Å². The molecule has 92 valence electrons. The second-order valence-corrected chi connectivity index (χ2v) is 5.90. The molecule has 0 aromatic carbocycles. The van der Waals surface area contributed by atoms with Crippen molar-refractivity contribution in [3.63, 3.8) is 0 Å². The van der Waals surface area contributed by atoms with Gasteiger partial charge in [-0.15, -0.1) is 11.3 Å². The molecule has 0 fully saturated rings. The van der Waals surface area contributed by atoms with Crippen LogP contribution in [0.4, 0.5) is 5.69 Å². The van der Waals surface area contributed by atoms with Crippen LogP contribution in [0.2, 0.25) is 4.34 Å². The first-order valence-corrected chi connectivity index (χ1v) is 6.86. The molecule has 0 aliphatic rings. The Balaban J connectivity index is 2.05. The van der Waals surface area contributed by atoms with Crippen LogP contribution >= 0.6 is 22.9 Å². The first-order chi connectivity index (χ1) is 8.06. The second kappa shape index (κ2) is 5.10. The third kappa shape index (κ3) is 3.01. The van der Waals surface area contributed by atoms with Gasteiger partial charge in [-0.05, 0) is 37.8 Å². The van der Waals surface area contributed by atoms with Gasteiger partial charge in [-0.2, -0.15) is 5.10 Å². The summed E-state index contributed by atoms with van der Waals surface area (Å²) < 4.78 is 2.77. The van der Waals surface area contributed by atoms with E-state index in [4.69, 9.17) is 11.6 Å². The van der Waals surface area contributed by atoms with Gasteiger partial charge in [0, 0.05) is 18.3 Å². The monoisotopic (exact) mass is 269 g/mol. The van der Waals surface area contributed by atoms with Crippen LogP contribution in [0.15, 0.2) is 23.8 Å². The highest BCUT2D eigenvalue weighted by Crippen LogP contribution is 2.27. The van der Waals surface area contributed by atoms with Crippen LogP contribution in [0.25, 0.3) is 0 Å². The zero-order chi connectivity index (χ0) is 12.4. The molecular weight excluding hydrogens is 254 g/mol. The minimum atomic E-state index is 0.239. The molecule has 0 radical (unpaired) electrons. The molecule has 2 rings (SSSR count). The van der Waals surface area contributed by atoms with Crippen molar-refractivity contribution in [3.05, 3.63) is 33.7 Å². The third-order valence-corrected chi connectivity index (χ3v) is 3.71. The van der Waals surface area contributed by atoms with Gasteiger partial charge in [0.25, 0.3) is 0 Å². The standard InChI is InChI=1S/C12H16ClN3S/c1-8(2)16-6-11(5-14-16)15-9(3)10-4-12(13)17-7-10/h4-9,15H,1-3H3. The number of hydrogen-bond acceptors (Lipinski definition) is 3. The van der Waals surface area contributed by atoms with Crippen LogP contribution in [0, 0.1) is 0 Å². The summed E-state index contributed by atoms with van der Waals surface area (Å²) in [6.45, 7) is 6.34. The molecule has 0 saturated heterocycles. The van der Waals surface area contributed by atoms with Crippen LogP contribution in [-0.4, -0.2) is 9.78 Å². The van der Waals surface area contributed by atoms with Crippen molar-refractivity contribution < 1.29 is 0 Å². The molecule has 0 amide bonds. The van der Waals surface area contributed by atoms with Gasteiger partial charge in [-0.1, -0.05) is 11.6 Å². The van der Waals surface area contributed by atoms with E-state index in [-0.39, 0.29) is 6.04 Å². The van der Waals surface area contributed by atoms with E-state index in [1.54, 1.807) is 11.3 Å². The Hall–Kier alpha value is -1.00. The summed E-state index contributed by atoms with van der Waals surface area (Å²) in [6, 6.07) is 2.62. The molecule has 2 aromatic heterocycles.